The number of alkyl halides is 5. The third-order valence-corrected chi connectivity index (χ3v) is 2.53. The molecular formula is C12H12F5NO2. The monoisotopic (exact) mass is 297 g/mol. The summed E-state index contributed by atoms with van der Waals surface area (Å²) >= 11 is 0. The van der Waals surface area contributed by atoms with Crippen LogP contribution in [0.5, 0.6) is 0 Å². The lowest BCUT2D eigenvalue weighted by Gasteiger charge is -2.15. The van der Waals surface area contributed by atoms with E-state index in [4.69, 9.17) is 0 Å². The lowest BCUT2D eigenvalue weighted by molar-refractivity contribution is -0.144. The minimum Gasteiger partial charge on any atom is -0.466 e. The van der Waals surface area contributed by atoms with Crippen molar-refractivity contribution in [3.8, 4) is 0 Å². The number of pyridine rings is 1. The summed E-state index contributed by atoms with van der Waals surface area (Å²) in [4.78, 5) is 14.2. The van der Waals surface area contributed by atoms with Crippen molar-refractivity contribution in [3.05, 3.63) is 28.6 Å². The summed E-state index contributed by atoms with van der Waals surface area (Å²) in [5, 5.41) is 0. The summed E-state index contributed by atoms with van der Waals surface area (Å²) in [6.07, 6.45) is -8.53. The predicted octanol–water partition coefficient (Wildman–Crippen LogP) is 3.45. The maximum Gasteiger partial charge on any atom is 0.433 e. The van der Waals surface area contributed by atoms with Gasteiger partial charge in [0.25, 0.3) is 6.43 Å². The molecule has 20 heavy (non-hydrogen) atoms. The number of carbonyl (C=O) groups excluding carboxylic acids is 1. The molecule has 0 aliphatic carbocycles. The number of rotatable bonds is 4. The van der Waals surface area contributed by atoms with E-state index in [2.05, 4.69) is 9.72 Å². The first-order chi connectivity index (χ1) is 9.16. The third kappa shape index (κ3) is 3.88. The molecule has 0 fully saturated rings. The molecule has 0 aliphatic rings. The zero-order chi connectivity index (χ0) is 15.5. The fourth-order valence-corrected chi connectivity index (χ4v) is 1.62. The number of hydrogen-bond acceptors (Lipinski definition) is 3. The van der Waals surface area contributed by atoms with Gasteiger partial charge in [-0.05, 0) is 31.0 Å². The molecule has 1 heterocycles. The van der Waals surface area contributed by atoms with Crippen LogP contribution in [0.2, 0.25) is 0 Å². The van der Waals surface area contributed by atoms with Gasteiger partial charge in [-0.25, -0.2) is 13.8 Å². The van der Waals surface area contributed by atoms with Crippen LogP contribution in [0.25, 0.3) is 0 Å². The van der Waals surface area contributed by atoms with E-state index in [-0.39, 0.29) is 17.7 Å². The molecule has 112 valence electrons. The zero-order valence-electron chi connectivity index (χ0n) is 10.7. The van der Waals surface area contributed by atoms with Gasteiger partial charge in [-0.1, -0.05) is 0 Å². The summed E-state index contributed by atoms with van der Waals surface area (Å²) in [6, 6.07) is 0.798. The molecule has 0 aromatic carbocycles. The third-order valence-electron chi connectivity index (χ3n) is 2.53. The average Bonchev–Trinajstić information content (AvgIpc) is 2.30. The Balaban J connectivity index is 3.28. The highest BCUT2D eigenvalue weighted by Crippen LogP contribution is 2.33. The number of nitrogens with zero attached hydrogens (tertiary/aromatic N) is 1. The van der Waals surface area contributed by atoms with Crippen LogP contribution < -0.4 is 0 Å². The molecule has 8 heteroatoms. The molecule has 0 amide bonds. The first-order valence-electron chi connectivity index (χ1n) is 5.68. The largest absolute Gasteiger partial charge is 0.466 e. The molecule has 0 aliphatic heterocycles. The number of aromatic nitrogens is 1. The van der Waals surface area contributed by atoms with Crippen molar-refractivity contribution in [2.75, 3.05) is 6.61 Å². The molecule has 0 saturated carbocycles. The Hall–Kier alpha value is -1.73. The van der Waals surface area contributed by atoms with Gasteiger partial charge in [0.1, 0.15) is 11.4 Å². The van der Waals surface area contributed by atoms with Gasteiger partial charge in [0.15, 0.2) is 0 Å². The summed E-state index contributed by atoms with van der Waals surface area (Å²) < 4.78 is 68.0. The topological polar surface area (TPSA) is 39.2 Å². The fourth-order valence-electron chi connectivity index (χ4n) is 1.62. The van der Waals surface area contributed by atoms with E-state index in [1.54, 1.807) is 0 Å². The van der Waals surface area contributed by atoms with Crippen molar-refractivity contribution in [3.63, 3.8) is 0 Å². The molecule has 0 saturated heterocycles. The molecular weight excluding hydrogens is 285 g/mol. The van der Waals surface area contributed by atoms with Crippen molar-refractivity contribution < 1.29 is 31.5 Å². The highest BCUT2D eigenvalue weighted by molar-refractivity contribution is 5.73. The van der Waals surface area contributed by atoms with E-state index in [9.17, 15) is 26.7 Å². The van der Waals surface area contributed by atoms with Crippen molar-refractivity contribution in [2.24, 2.45) is 0 Å². The van der Waals surface area contributed by atoms with E-state index in [1.807, 2.05) is 0 Å². The average molecular weight is 297 g/mol. The van der Waals surface area contributed by atoms with E-state index >= 15 is 0 Å². The zero-order valence-corrected chi connectivity index (χ0v) is 10.7. The normalized spacial score (nSPS) is 11.8. The number of esters is 1. The first-order valence-corrected chi connectivity index (χ1v) is 5.68. The summed E-state index contributed by atoms with van der Waals surface area (Å²) in [5.41, 5.74) is -2.94. The van der Waals surface area contributed by atoms with Crippen LogP contribution in [0.4, 0.5) is 22.0 Å². The predicted molar refractivity (Wildman–Crippen MR) is 59.3 cm³/mol. The molecule has 1 aromatic heterocycles. The van der Waals surface area contributed by atoms with E-state index < -0.39 is 36.4 Å². The van der Waals surface area contributed by atoms with Crippen molar-refractivity contribution >= 4 is 5.97 Å². The standard InChI is InChI=1S/C12H12F5NO2/c1-3-20-9(19)5-7-4-8(11(13)14)18-10(6(7)2)12(15,16)17/h4,11H,3,5H2,1-2H3. The van der Waals surface area contributed by atoms with Gasteiger partial charge in [0.2, 0.25) is 0 Å². The lowest BCUT2D eigenvalue weighted by Crippen LogP contribution is -2.16. The second kappa shape index (κ2) is 6.15. The molecule has 3 nitrogen and oxygen atoms in total. The van der Waals surface area contributed by atoms with E-state index in [1.165, 1.54) is 6.92 Å². The highest BCUT2D eigenvalue weighted by Gasteiger charge is 2.36. The van der Waals surface area contributed by atoms with Crippen molar-refractivity contribution in [2.45, 2.75) is 32.9 Å². The Morgan fingerprint density at radius 3 is 2.45 bits per heavy atom. The van der Waals surface area contributed by atoms with Crippen LogP contribution in [-0.4, -0.2) is 17.6 Å². The molecule has 0 unspecified atom stereocenters. The lowest BCUT2D eigenvalue weighted by atomic mass is 10.0. The Kier molecular flexibility index (Phi) is 5.02. The van der Waals surface area contributed by atoms with Crippen molar-refractivity contribution in [1.82, 2.24) is 4.98 Å². The number of ether oxygens (including phenoxy) is 1. The molecule has 0 radical (unpaired) electrons. The molecule has 0 atom stereocenters. The molecule has 0 spiro atoms. The molecule has 1 rings (SSSR count). The van der Waals surface area contributed by atoms with Gasteiger partial charge in [-0.15, -0.1) is 0 Å². The molecule has 1 aromatic rings. The van der Waals surface area contributed by atoms with Crippen molar-refractivity contribution in [1.29, 1.82) is 0 Å². The highest BCUT2D eigenvalue weighted by atomic mass is 19.4. The number of carbonyl (C=O) groups is 1. The van der Waals surface area contributed by atoms with Crippen LogP contribution in [0, 0.1) is 6.92 Å². The number of hydrogen-bond donors (Lipinski definition) is 0. The van der Waals surface area contributed by atoms with E-state index in [0.717, 1.165) is 13.0 Å². The second-order valence-electron chi connectivity index (χ2n) is 3.96. The van der Waals surface area contributed by atoms with Gasteiger partial charge in [0, 0.05) is 0 Å². The minimum absolute atomic E-state index is 0.0524. The fraction of sp³-hybridized carbons (Fsp3) is 0.500. The Morgan fingerprint density at radius 2 is 2.00 bits per heavy atom. The molecule has 0 N–H and O–H groups in total. The smallest absolute Gasteiger partial charge is 0.433 e. The van der Waals surface area contributed by atoms with Crippen LogP contribution in [0.15, 0.2) is 6.07 Å². The maximum absolute atomic E-state index is 12.7. The summed E-state index contributed by atoms with van der Waals surface area (Å²) in [5.74, 6) is -0.782. The molecule has 0 bridgehead atoms. The second-order valence-corrected chi connectivity index (χ2v) is 3.96. The Morgan fingerprint density at radius 1 is 1.40 bits per heavy atom. The quantitative estimate of drug-likeness (QED) is 0.631. The number of halogens is 5. The van der Waals surface area contributed by atoms with Gasteiger partial charge >= 0.3 is 12.1 Å². The first kappa shape index (κ1) is 16.3. The van der Waals surface area contributed by atoms with Crippen LogP contribution in [-0.2, 0) is 22.1 Å². The Labute approximate surface area is 111 Å². The van der Waals surface area contributed by atoms with Gasteiger partial charge in [-0.3, -0.25) is 4.79 Å². The van der Waals surface area contributed by atoms with Crippen LogP contribution in [0.1, 0.15) is 35.9 Å². The van der Waals surface area contributed by atoms with Gasteiger partial charge in [0.05, 0.1) is 13.0 Å². The van der Waals surface area contributed by atoms with E-state index in [0.29, 0.717) is 0 Å². The van der Waals surface area contributed by atoms with Crippen LogP contribution >= 0.6 is 0 Å². The minimum atomic E-state index is -4.86. The summed E-state index contributed by atoms with van der Waals surface area (Å²) in [7, 11) is 0. The Bertz CT molecular complexity index is 499. The summed E-state index contributed by atoms with van der Waals surface area (Å²) in [6.45, 7) is 2.67. The maximum atomic E-state index is 12.7. The SMILES string of the molecule is CCOC(=O)Cc1cc(C(F)F)nc(C(F)(F)F)c1C. The van der Waals surface area contributed by atoms with Crippen LogP contribution in [0.3, 0.4) is 0 Å². The van der Waals surface area contributed by atoms with Gasteiger partial charge in [-0.2, -0.15) is 13.2 Å². The van der Waals surface area contributed by atoms with Gasteiger partial charge < -0.3 is 4.74 Å².